The topological polar surface area (TPSA) is 56.1 Å². The third-order valence-corrected chi connectivity index (χ3v) is 3.05. The van der Waals surface area contributed by atoms with E-state index in [0.29, 0.717) is 5.75 Å². The molecule has 0 aliphatic carbocycles. The van der Waals surface area contributed by atoms with Gasteiger partial charge in [0, 0.05) is 18.9 Å². The number of rotatable bonds is 3. The smallest absolute Gasteiger partial charge is 0.435 e. The molecule has 118 valence electrons. The van der Waals surface area contributed by atoms with Gasteiger partial charge < -0.3 is 10.1 Å². The van der Waals surface area contributed by atoms with Gasteiger partial charge in [-0.2, -0.15) is 18.3 Å². The van der Waals surface area contributed by atoms with Crippen LogP contribution in [0.15, 0.2) is 24.4 Å². The number of anilines is 1. The predicted octanol–water partition coefficient (Wildman–Crippen LogP) is 3.35. The molecule has 2 aromatic rings. The molecule has 1 aromatic heterocycles. The number of hydrogen-bond acceptors (Lipinski definition) is 3. The molecule has 0 aliphatic rings. The molecule has 0 saturated heterocycles. The molecule has 1 N–H and O–H groups in total. The second kappa shape index (κ2) is 5.88. The van der Waals surface area contributed by atoms with Gasteiger partial charge in [-0.25, -0.2) is 0 Å². The average Bonchev–Trinajstić information content (AvgIpc) is 2.81. The second-order valence-electron chi connectivity index (χ2n) is 4.37. The summed E-state index contributed by atoms with van der Waals surface area (Å²) in [5, 5.41) is 5.84. The van der Waals surface area contributed by atoms with Crippen LogP contribution in [-0.2, 0) is 13.2 Å². The number of carbonyl (C=O) groups excluding carboxylic acids is 1. The maximum absolute atomic E-state index is 12.8. The quantitative estimate of drug-likeness (QED) is 0.937. The average molecular weight is 334 g/mol. The fourth-order valence-electron chi connectivity index (χ4n) is 1.81. The van der Waals surface area contributed by atoms with Crippen molar-refractivity contribution in [3.63, 3.8) is 0 Å². The number of nitrogens with one attached hydrogen (secondary N) is 1. The van der Waals surface area contributed by atoms with Crippen molar-refractivity contribution < 1.29 is 22.7 Å². The lowest BCUT2D eigenvalue weighted by molar-refractivity contribution is -0.141. The lowest BCUT2D eigenvalue weighted by Crippen LogP contribution is -2.17. The summed E-state index contributed by atoms with van der Waals surface area (Å²) >= 11 is 5.89. The van der Waals surface area contributed by atoms with Crippen molar-refractivity contribution >= 4 is 23.2 Å². The molecule has 0 spiro atoms. The molecule has 2 rings (SSSR count). The van der Waals surface area contributed by atoms with Crippen LogP contribution in [0.4, 0.5) is 18.9 Å². The molecule has 0 bridgehead atoms. The van der Waals surface area contributed by atoms with Gasteiger partial charge in [-0.3, -0.25) is 9.48 Å². The first kappa shape index (κ1) is 16.2. The van der Waals surface area contributed by atoms with Crippen molar-refractivity contribution in [2.45, 2.75) is 6.18 Å². The molecule has 9 heteroatoms. The lowest BCUT2D eigenvalue weighted by Gasteiger charge is -2.09. The van der Waals surface area contributed by atoms with E-state index in [1.807, 2.05) is 0 Å². The first-order valence-electron chi connectivity index (χ1n) is 5.98. The highest BCUT2D eigenvalue weighted by Crippen LogP contribution is 2.31. The minimum Gasteiger partial charge on any atom is -0.495 e. The van der Waals surface area contributed by atoms with Crippen LogP contribution in [0.25, 0.3) is 0 Å². The number of aromatic nitrogens is 2. The minimum atomic E-state index is -4.72. The zero-order valence-corrected chi connectivity index (χ0v) is 12.3. The van der Waals surface area contributed by atoms with Crippen molar-refractivity contribution in [2.75, 3.05) is 12.4 Å². The van der Waals surface area contributed by atoms with Crippen LogP contribution in [-0.4, -0.2) is 22.8 Å². The molecule has 22 heavy (non-hydrogen) atoms. The Balaban J connectivity index is 2.28. The molecule has 0 radical (unpaired) electrons. The fourth-order valence-corrected chi connectivity index (χ4v) is 2.06. The summed E-state index contributed by atoms with van der Waals surface area (Å²) in [4.78, 5) is 12.0. The number of methoxy groups -OCH3 is 1. The van der Waals surface area contributed by atoms with Crippen molar-refractivity contribution in [2.24, 2.45) is 7.05 Å². The monoisotopic (exact) mass is 333 g/mol. The van der Waals surface area contributed by atoms with Gasteiger partial charge in [-0.15, -0.1) is 0 Å². The van der Waals surface area contributed by atoms with Gasteiger partial charge >= 0.3 is 6.18 Å². The summed E-state index contributed by atoms with van der Waals surface area (Å²) in [6.45, 7) is 0. The Morgan fingerprint density at radius 3 is 2.64 bits per heavy atom. The summed E-state index contributed by atoms with van der Waals surface area (Å²) in [6.07, 6.45) is -3.71. The van der Waals surface area contributed by atoms with Gasteiger partial charge in [-0.05, 0) is 18.2 Å². The van der Waals surface area contributed by atoms with Crippen LogP contribution < -0.4 is 10.1 Å². The molecular weight excluding hydrogens is 323 g/mol. The Kier molecular flexibility index (Phi) is 4.32. The number of carbonyl (C=O) groups is 1. The van der Waals surface area contributed by atoms with E-state index < -0.39 is 23.3 Å². The fraction of sp³-hybridized carbons (Fsp3) is 0.231. The van der Waals surface area contributed by atoms with Crippen LogP contribution in [0.3, 0.4) is 0 Å². The lowest BCUT2D eigenvalue weighted by atomic mass is 10.2. The van der Waals surface area contributed by atoms with E-state index in [4.69, 9.17) is 16.3 Å². The van der Waals surface area contributed by atoms with Crippen LogP contribution in [0.1, 0.15) is 16.1 Å². The number of halogens is 4. The van der Waals surface area contributed by atoms with E-state index in [-0.39, 0.29) is 10.7 Å². The van der Waals surface area contributed by atoms with Crippen LogP contribution >= 0.6 is 11.6 Å². The highest BCUT2D eigenvalue weighted by atomic mass is 35.5. The van der Waals surface area contributed by atoms with E-state index in [1.54, 1.807) is 0 Å². The number of amides is 1. The number of ether oxygens (including phenoxy) is 1. The Bertz CT molecular complexity index is 713. The van der Waals surface area contributed by atoms with Gasteiger partial charge in [-0.1, -0.05) is 11.6 Å². The van der Waals surface area contributed by atoms with E-state index >= 15 is 0 Å². The highest BCUT2D eigenvalue weighted by Gasteiger charge is 2.39. The maximum Gasteiger partial charge on any atom is 0.435 e. The first-order chi connectivity index (χ1) is 10.2. The Labute approximate surface area is 128 Å². The van der Waals surface area contributed by atoms with Crippen LogP contribution in [0, 0.1) is 0 Å². The second-order valence-corrected chi connectivity index (χ2v) is 4.77. The largest absolute Gasteiger partial charge is 0.495 e. The molecule has 0 saturated carbocycles. The molecule has 1 amide bonds. The summed E-state index contributed by atoms with van der Waals surface area (Å²) in [5.41, 5.74) is -1.57. The zero-order valence-electron chi connectivity index (χ0n) is 11.5. The van der Waals surface area contributed by atoms with Gasteiger partial charge in [0.05, 0.1) is 17.7 Å². The SMILES string of the molecule is COc1ccc(NC(=O)c2cn(C)nc2C(F)(F)F)cc1Cl. The third-order valence-electron chi connectivity index (χ3n) is 2.75. The number of alkyl halides is 3. The summed E-state index contributed by atoms with van der Waals surface area (Å²) in [5.74, 6) is -0.543. The van der Waals surface area contributed by atoms with Gasteiger partial charge in [0.1, 0.15) is 5.75 Å². The zero-order chi connectivity index (χ0) is 16.5. The van der Waals surface area contributed by atoms with Crippen molar-refractivity contribution in [1.82, 2.24) is 9.78 Å². The van der Waals surface area contributed by atoms with Crippen LogP contribution in [0.5, 0.6) is 5.75 Å². The maximum atomic E-state index is 12.8. The number of benzene rings is 1. The highest BCUT2D eigenvalue weighted by molar-refractivity contribution is 6.32. The van der Waals surface area contributed by atoms with E-state index in [9.17, 15) is 18.0 Å². The number of aryl methyl sites for hydroxylation is 1. The van der Waals surface area contributed by atoms with Crippen molar-refractivity contribution in [3.8, 4) is 5.75 Å². The van der Waals surface area contributed by atoms with Crippen LogP contribution in [0.2, 0.25) is 5.02 Å². The number of nitrogens with zero attached hydrogens (tertiary/aromatic N) is 2. The summed E-state index contributed by atoms with van der Waals surface area (Å²) in [7, 11) is 2.72. The van der Waals surface area contributed by atoms with Crippen molar-refractivity contribution in [3.05, 3.63) is 40.7 Å². The van der Waals surface area contributed by atoms with Gasteiger partial charge in [0.2, 0.25) is 0 Å². The molecule has 1 aromatic carbocycles. The van der Waals surface area contributed by atoms with Crippen molar-refractivity contribution in [1.29, 1.82) is 0 Å². The minimum absolute atomic E-state index is 0.225. The standard InChI is InChI=1S/C13H11ClF3N3O2/c1-20-6-8(11(19-20)13(15,16)17)12(21)18-7-3-4-10(22-2)9(14)5-7/h3-6H,1-2H3,(H,18,21). The van der Waals surface area contributed by atoms with E-state index in [2.05, 4.69) is 10.4 Å². The van der Waals surface area contributed by atoms with E-state index in [0.717, 1.165) is 10.9 Å². The first-order valence-corrected chi connectivity index (χ1v) is 6.36. The molecule has 0 fully saturated rings. The summed E-state index contributed by atoms with van der Waals surface area (Å²) in [6, 6.07) is 4.33. The number of hydrogen-bond donors (Lipinski definition) is 1. The molecule has 0 unspecified atom stereocenters. The Hall–Kier alpha value is -2.22. The molecule has 0 atom stereocenters. The molecule has 1 heterocycles. The molecular formula is C13H11ClF3N3O2. The Morgan fingerprint density at radius 1 is 1.41 bits per heavy atom. The molecule has 0 aliphatic heterocycles. The van der Waals surface area contributed by atoms with E-state index in [1.165, 1.54) is 32.4 Å². The van der Waals surface area contributed by atoms with Gasteiger partial charge in [0.15, 0.2) is 5.69 Å². The third kappa shape index (κ3) is 3.33. The normalized spacial score (nSPS) is 11.4. The molecule has 5 nitrogen and oxygen atoms in total. The summed E-state index contributed by atoms with van der Waals surface area (Å²) < 4.78 is 44.4. The Morgan fingerprint density at radius 2 is 2.09 bits per heavy atom. The van der Waals surface area contributed by atoms with Gasteiger partial charge in [0.25, 0.3) is 5.91 Å². The predicted molar refractivity (Wildman–Crippen MR) is 74.2 cm³/mol.